The highest BCUT2D eigenvalue weighted by Crippen LogP contribution is 1.90. The number of carbonyl (C=O) groups is 1. The first kappa shape index (κ1) is 9.77. The van der Waals surface area contributed by atoms with Crippen LogP contribution in [0, 0.1) is 5.92 Å². The summed E-state index contributed by atoms with van der Waals surface area (Å²) in [5, 5.41) is 6.84. The minimum Gasteiger partial charge on any atom is -0.354 e. The Morgan fingerprint density at radius 1 is 1.62 bits per heavy atom. The molecule has 0 bridgehead atoms. The van der Waals surface area contributed by atoms with Crippen molar-refractivity contribution in [1.82, 2.24) is 15.1 Å². The second kappa shape index (κ2) is 4.64. The number of hydrogen-bond donors (Lipinski definition) is 1. The van der Waals surface area contributed by atoms with Crippen molar-refractivity contribution >= 4 is 5.91 Å². The van der Waals surface area contributed by atoms with Gasteiger partial charge in [-0.1, -0.05) is 13.8 Å². The molecule has 1 N–H and O–H groups in total. The van der Waals surface area contributed by atoms with E-state index in [9.17, 15) is 4.79 Å². The Hall–Kier alpha value is -1.32. The van der Waals surface area contributed by atoms with Crippen LogP contribution in [0.15, 0.2) is 18.5 Å². The van der Waals surface area contributed by atoms with Gasteiger partial charge in [0.15, 0.2) is 0 Å². The van der Waals surface area contributed by atoms with Gasteiger partial charge in [-0.05, 0) is 6.07 Å². The quantitative estimate of drug-likeness (QED) is 0.741. The smallest absolute Gasteiger partial charge is 0.222 e. The summed E-state index contributed by atoms with van der Waals surface area (Å²) in [6, 6.07) is 1.87. The molecule has 0 aliphatic rings. The molecule has 4 heteroatoms. The zero-order valence-electron chi connectivity index (χ0n) is 8.03. The Morgan fingerprint density at radius 2 is 2.38 bits per heavy atom. The van der Waals surface area contributed by atoms with Crippen molar-refractivity contribution in [2.45, 2.75) is 20.4 Å². The largest absolute Gasteiger partial charge is 0.354 e. The number of aromatic nitrogens is 2. The Balaban J connectivity index is 2.18. The predicted octanol–water partition coefficient (Wildman–Crippen LogP) is 0.655. The van der Waals surface area contributed by atoms with Gasteiger partial charge in [0.05, 0.1) is 6.54 Å². The maximum absolute atomic E-state index is 11.1. The topological polar surface area (TPSA) is 46.9 Å². The molecule has 0 atom stereocenters. The fraction of sp³-hybridized carbons (Fsp3) is 0.556. The molecule has 1 amide bonds. The highest BCUT2D eigenvalue weighted by Gasteiger charge is 2.04. The average molecular weight is 181 g/mol. The second-order valence-electron chi connectivity index (χ2n) is 3.21. The molecule has 4 nitrogen and oxygen atoms in total. The van der Waals surface area contributed by atoms with Crippen LogP contribution in [-0.4, -0.2) is 22.2 Å². The number of hydrogen-bond acceptors (Lipinski definition) is 2. The molecule has 0 radical (unpaired) electrons. The Kier molecular flexibility index (Phi) is 3.49. The molecule has 0 unspecified atom stereocenters. The standard InChI is InChI=1S/C9H15N3O/c1-8(2)9(13)10-5-7-12-6-3-4-11-12/h3-4,6,8H,5,7H2,1-2H3,(H,10,13). The first-order valence-corrected chi connectivity index (χ1v) is 4.45. The van der Waals surface area contributed by atoms with E-state index < -0.39 is 0 Å². The third-order valence-electron chi connectivity index (χ3n) is 1.72. The van der Waals surface area contributed by atoms with Crippen molar-refractivity contribution < 1.29 is 4.79 Å². The van der Waals surface area contributed by atoms with Gasteiger partial charge < -0.3 is 5.32 Å². The molecule has 0 spiro atoms. The van der Waals surface area contributed by atoms with E-state index in [-0.39, 0.29) is 11.8 Å². The van der Waals surface area contributed by atoms with Gasteiger partial charge in [0.25, 0.3) is 0 Å². The van der Waals surface area contributed by atoms with Crippen molar-refractivity contribution in [1.29, 1.82) is 0 Å². The molecule has 0 saturated heterocycles. The van der Waals surface area contributed by atoms with Gasteiger partial charge >= 0.3 is 0 Å². The zero-order valence-corrected chi connectivity index (χ0v) is 8.03. The molecule has 0 aliphatic heterocycles. The first-order chi connectivity index (χ1) is 6.20. The summed E-state index contributed by atoms with van der Waals surface area (Å²) < 4.78 is 1.79. The van der Waals surface area contributed by atoms with Gasteiger partial charge in [0.1, 0.15) is 0 Å². The molecular formula is C9H15N3O. The molecule has 1 heterocycles. The lowest BCUT2D eigenvalue weighted by molar-refractivity contribution is -0.124. The van der Waals surface area contributed by atoms with Gasteiger partial charge in [0.2, 0.25) is 5.91 Å². The first-order valence-electron chi connectivity index (χ1n) is 4.45. The number of nitrogens with zero attached hydrogens (tertiary/aromatic N) is 2. The monoisotopic (exact) mass is 181 g/mol. The van der Waals surface area contributed by atoms with Crippen LogP contribution in [0.2, 0.25) is 0 Å². The summed E-state index contributed by atoms with van der Waals surface area (Å²) in [6.45, 7) is 5.12. The summed E-state index contributed by atoms with van der Waals surface area (Å²) in [5.74, 6) is 0.143. The number of amides is 1. The van der Waals surface area contributed by atoms with E-state index in [2.05, 4.69) is 10.4 Å². The lowest BCUT2D eigenvalue weighted by Gasteiger charge is -2.07. The van der Waals surface area contributed by atoms with E-state index >= 15 is 0 Å². The Bertz CT molecular complexity index is 254. The average Bonchev–Trinajstić information content (AvgIpc) is 2.56. The van der Waals surface area contributed by atoms with Gasteiger partial charge in [-0.2, -0.15) is 5.10 Å². The third-order valence-corrected chi connectivity index (χ3v) is 1.72. The van der Waals surface area contributed by atoms with E-state index in [1.807, 2.05) is 26.1 Å². The molecule has 0 fully saturated rings. The van der Waals surface area contributed by atoms with Crippen LogP contribution in [-0.2, 0) is 11.3 Å². The second-order valence-corrected chi connectivity index (χ2v) is 3.21. The molecule has 1 rings (SSSR count). The fourth-order valence-corrected chi connectivity index (χ4v) is 0.930. The molecule has 72 valence electrons. The van der Waals surface area contributed by atoms with Crippen molar-refractivity contribution in [2.75, 3.05) is 6.54 Å². The van der Waals surface area contributed by atoms with E-state index in [0.29, 0.717) is 6.54 Å². The van der Waals surface area contributed by atoms with Gasteiger partial charge in [0, 0.05) is 24.9 Å². The fourth-order valence-electron chi connectivity index (χ4n) is 0.930. The third kappa shape index (κ3) is 3.27. The van der Waals surface area contributed by atoms with Gasteiger partial charge in [-0.25, -0.2) is 0 Å². The summed E-state index contributed by atoms with van der Waals surface area (Å²) in [6.07, 6.45) is 3.60. The maximum atomic E-state index is 11.1. The number of rotatable bonds is 4. The zero-order chi connectivity index (χ0) is 9.68. The summed E-state index contributed by atoms with van der Waals surface area (Å²) in [5.41, 5.74) is 0. The molecule has 0 aromatic carbocycles. The van der Waals surface area contributed by atoms with E-state index in [4.69, 9.17) is 0 Å². The minimum atomic E-state index is 0.0534. The molecular weight excluding hydrogens is 166 g/mol. The Labute approximate surface area is 77.9 Å². The number of carbonyl (C=O) groups excluding carboxylic acids is 1. The highest BCUT2D eigenvalue weighted by molar-refractivity contribution is 5.77. The summed E-state index contributed by atoms with van der Waals surface area (Å²) >= 11 is 0. The Morgan fingerprint density at radius 3 is 2.92 bits per heavy atom. The molecule has 1 aromatic heterocycles. The molecule has 13 heavy (non-hydrogen) atoms. The molecule has 0 saturated carbocycles. The normalized spacial score (nSPS) is 10.4. The lowest BCUT2D eigenvalue weighted by atomic mass is 10.2. The van der Waals surface area contributed by atoms with Crippen LogP contribution < -0.4 is 5.32 Å². The lowest BCUT2D eigenvalue weighted by Crippen LogP contribution is -2.30. The maximum Gasteiger partial charge on any atom is 0.222 e. The molecule has 1 aromatic rings. The van der Waals surface area contributed by atoms with Crippen molar-refractivity contribution in [2.24, 2.45) is 5.92 Å². The van der Waals surface area contributed by atoms with Crippen molar-refractivity contribution in [3.63, 3.8) is 0 Å². The van der Waals surface area contributed by atoms with Gasteiger partial charge in [-0.3, -0.25) is 9.48 Å². The van der Waals surface area contributed by atoms with E-state index in [0.717, 1.165) is 6.54 Å². The van der Waals surface area contributed by atoms with E-state index in [1.54, 1.807) is 10.9 Å². The van der Waals surface area contributed by atoms with Crippen molar-refractivity contribution in [3.8, 4) is 0 Å². The van der Waals surface area contributed by atoms with Crippen LogP contribution in [0.3, 0.4) is 0 Å². The minimum absolute atomic E-state index is 0.0534. The number of nitrogens with one attached hydrogen (secondary N) is 1. The molecule has 0 aliphatic carbocycles. The van der Waals surface area contributed by atoms with E-state index in [1.165, 1.54) is 0 Å². The summed E-state index contributed by atoms with van der Waals surface area (Å²) in [7, 11) is 0. The van der Waals surface area contributed by atoms with Crippen LogP contribution >= 0.6 is 0 Å². The van der Waals surface area contributed by atoms with Crippen molar-refractivity contribution in [3.05, 3.63) is 18.5 Å². The van der Waals surface area contributed by atoms with Crippen LogP contribution in [0.4, 0.5) is 0 Å². The predicted molar refractivity (Wildman–Crippen MR) is 50.1 cm³/mol. The van der Waals surface area contributed by atoms with Crippen LogP contribution in [0.1, 0.15) is 13.8 Å². The van der Waals surface area contributed by atoms with Crippen LogP contribution in [0.25, 0.3) is 0 Å². The SMILES string of the molecule is CC(C)C(=O)NCCn1cccn1. The van der Waals surface area contributed by atoms with Crippen LogP contribution in [0.5, 0.6) is 0 Å². The van der Waals surface area contributed by atoms with Gasteiger partial charge in [-0.15, -0.1) is 0 Å². The summed E-state index contributed by atoms with van der Waals surface area (Å²) in [4.78, 5) is 11.1. The highest BCUT2D eigenvalue weighted by atomic mass is 16.1.